The van der Waals surface area contributed by atoms with Crippen LogP contribution in [0.1, 0.15) is 32.7 Å². The molecule has 1 aliphatic heterocycles. The number of benzene rings is 2. The van der Waals surface area contributed by atoms with Crippen molar-refractivity contribution >= 4 is 11.7 Å². The van der Waals surface area contributed by atoms with Gasteiger partial charge in [0.15, 0.2) is 11.5 Å². The van der Waals surface area contributed by atoms with Crippen molar-refractivity contribution in [2.45, 2.75) is 27.4 Å². The fourth-order valence-corrected chi connectivity index (χ4v) is 3.20. The average molecular weight is 390 g/mol. The third kappa shape index (κ3) is 3.87. The summed E-state index contributed by atoms with van der Waals surface area (Å²) in [6.07, 6.45) is 0. The number of carbonyl (C=O) groups excluding carboxylic acids is 1. The summed E-state index contributed by atoms with van der Waals surface area (Å²) >= 11 is 0. The number of carbonyl (C=O) groups is 1. The SMILES string of the molecule is Cc1nc(NC(=O)c2ccc3c(c2)OCO3)c(C)c(C)c1OCc1ccccc1. The second kappa shape index (κ2) is 7.83. The number of aromatic nitrogens is 1. The van der Waals surface area contributed by atoms with E-state index in [-0.39, 0.29) is 12.7 Å². The molecule has 148 valence electrons. The average Bonchev–Trinajstić information content (AvgIpc) is 3.20. The molecule has 2 heterocycles. The summed E-state index contributed by atoms with van der Waals surface area (Å²) in [6.45, 7) is 6.41. The number of aryl methyl sites for hydroxylation is 1. The maximum absolute atomic E-state index is 12.7. The first-order chi connectivity index (χ1) is 14.0. The van der Waals surface area contributed by atoms with Gasteiger partial charge in [0.05, 0.1) is 5.69 Å². The zero-order chi connectivity index (χ0) is 20.4. The van der Waals surface area contributed by atoms with E-state index >= 15 is 0 Å². The van der Waals surface area contributed by atoms with Crippen LogP contribution in [0.2, 0.25) is 0 Å². The van der Waals surface area contributed by atoms with Crippen molar-refractivity contribution in [3.05, 3.63) is 76.5 Å². The molecule has 0 atom stereocenters. The van der Waals surface area contributed by atoms with E-state index in [1.54, 1.807) is 18.2 Å². The fraction of sp³-hybridized carbons (Fsp3) is 0.217. The van der Waals surface area contributed by atoms with Crippen LogP contribution in [0.5, 0.6) is 17.2 Å². The molecule has 4 rings (SSSR count). The number of fused-ring (bicyclic) bond motifs is 1. The lowest BCUT2D eigenvalue weighted by molar-refractivity contribution is 0.102. The minimum Gasteiger partial charge on any atom is -0.487 e. The van der Waals surface area contributed by atoms with Crippen LogP contribution in [0.3, 0.4) is 0 Å². The van der Waals surface area contributed by atoms with Crippen molar-refractivity contribution in [3.8, 4) is 17.2 Å². The second-order valence-electron chi connectivity index (χ2n) is 6.92. The first-order valence-corrected chi connectivity index (χ1v) is 9.38. The second-order valence-corrected chi connectivity index (χ2v) is 6.92. The van der Waals surface area contributed by atoms with Gasteiger partial charge < -0.3 is 19.5 Å². The van der Waals surface area contributed by atoms with Crippen molar-refractivity contribution in [3.63, 3.8) is 0 Å². The summed E-state index contributed by atoms with van der Waals surface area (Å²) in [5.74, 6) is 2.22. The van der Waals surface area contributed by atoms with Gasteiger partial charge in [0, 0.05) is 5.56 Å². The number of nitrogens with zero attached hydrogens (tertiary/aromatic N) is 1. The van der Waals surface area contributed by atoms with E-state index in [0.717, 1.165) is 28.1 Å². The third-order valence-corrected chi connectivity index (χ3v) is 4.96. The molecule has 0 aliphatic carbocycles. The van der Waals surface area contributed by atoms with E-state index in [0.29, 0.717) is 29.5 Å². The highest BCUT2D eigenvalue weighted by molar-refractivity contribution is 6.04. The number of ether oxygens (including phenoxy) is 3. The molecule has 1 aromatic heterocycles. The molecule has 0 radical (unpaired) electrons. The van der Waals surface area contributed by atoms with Crippen LogP contribution in [-0.2, 0) is 6.61 Å². The van der Waals surface area contributed by atoms with Gasteiger partial charge in [-0.25, -0.2) is 4.98 Å². The Morgan fingerprint density at radius 2 is 1.79 bits per heavy atom. The van der Waals surface area contributed by atoms with Gasteiger partial charge in [-0.1, -0.05) is 30.3 Å². The number of rotatable bonds is 5. The smallest absolute Gasteiger partial charge is 0.256 e. The zero-order valence-corrected chi connectivity index (χ0v) is 16.6. The molecule has 0 fully saturated rings. The zero-order valence-electron chi connectivity index (χ0n) is 16.6. The summed E-state index contributed by atoms with van der Waals surface area (Å²) in [4.78, 5) is 17.3. The van der Waals surface area contributed by atoms with Crippen molar-refractivity contribution in [2.24, 2.45) is 0 Å². The molecule has 0 saturated carbocycles. The van der Waals surface area contributed by atoms with E-state index in [9.17, 15) is 4.79 Å². The van der Waals surface area contributed by atoms with Crippen molar-refractivity contribution in [1.29, 1.82) is 0 Å². The number of anilines is 1. The summed E-state index contributed by atoms with van der Waals surface area (Å²) in [5.41, 5.74) is 4.12. The van der Waals surface area contributed by atoms with E-state index in [2.05, 4.69) is 10.3 Å². The minimum atomic E-state index is -0.254. The van der Waals surface area contributed by atoms with Gasteiger partial charge in [0.2, 0.25) is 6.79 Å². The first-order valence-electron chi connectivity index (χ1n) is 9.38. The standard InChI is InChI=1S/C23H22N2O4/c1-14-15(2)22(24-16(3)21(14)27-12-17-7-5-4-6-8-17)25-23(26)18-9-10-19-20(11-18)29-13-28-19/h4-11H,12-13H2,1-3H3,(H,24,25,26). The van der Waals surface area contributed by atoms with Crippen LogP contribution in [0, 0.1) is 20.8 Å². The Morgan fingerprint density at radius 1 is 1.03 bits per heavy atom. The number of amides is 1. The topological polar surface area (TPSA) is 69.7 Å². The summed E-state index contributed by atoms with van der Waals surface area (Å²) < 4.78 is 16.7. The lowest BCUT2D eigenvalue weighted by atomic mass is 10.1. The van der Waals surface area contributed by atoms with Crippen molar-refractivity contribution < 1.29 is 19.0 Å². The molecule has 1 N–H and O–H groups in total. The van der Waals surface area contributed by atoms with Crippen LogP contribution >= 0.6 is 0 Å². The van der Waals surface area contributed by atoms with Crippen molar-refractivity contribution in [2.75, 3.05) is 12.1 Å². The summed E-state index contributed by atoms with van der Waals surface area (Å²) in [6, 6.07) is 15.1. The molecule has 2 aromatic carbocycles. The Kier molecular flexibility index (Phi) is 5.08. The third-order valence-electron chi connectivity index (χ3n) is 4.96. The number of nitrogens with one attached hydrogen (secondary N) is 1. The summed E-state index contributed by atoms with van der Waals surface area (Å²) in [7, 11) is 0. The highest BCUT2D eigenvalue weighted by atomic mass is 16.7. The van der Waals surface area contributed by atoms with E-state index in [4.69, 9.17) is 14.2 Å². The normalized spacial score (nSPS) is 12.0. The Bertz CT molecular complexity index is 1060. The molecule has 1 amide bonds. The van der Waals surface area contributed by atoms with E-state index < -0.39 is 0 Å². The summed E-state index contributed by atoms with van der Waals surface area (Å²) in [5, 5.41) is 2.90. The number of hydrogen-bond acceptors (Lipinski definition) is 5. The van der Waals surface area contributed by atoms with Crippen LogP contribution in [0.15, 0.2) is 48.5 Å². The molecule has 0 spiro atoms. The largest absolute Gasteiger partial charge is 0.487 e. The van der Waals surface area contributed by atoms with Crippen LogP contribution < -0.4 is 19.5 Å². The fourth-order valence-electron chi connectivity index (χ4n) is 3.20. The number of hydrogen-bond donors (Lipinski definition) is 1. The molecule has 3 aromatic rings. The quantitative estimate of drug-likeness (QED) is 0.691. The molecule has 29 heavy (non-hydrogen) atoms. The van der Waals surface area contributed by atoms with Gasteiger partial charge in [-0.3, -0.25) is 4.79 Å². The maximum atomic E-state index is 12.7. The predicted octanol–water partition coefficient (Wildman–Crippen LogP) is 4.57. The molecule has 0 saturated heterocycles. The Labute approximate surface area is 169 Å². The Hall–Kier alpha value is -3.54. The van der Waals surface area contributed by atoms with Gasteiger partial charge in [0.25, 0.3) is 5.91 Å². The minimum absolute atomic E-state index is 0.171. The highest BCUT2D eigenvalue weighted by Crippen LogP contribution is 2.33. The van der Waals surface area contributed by atoms with E-state index in [1.807, 2.05) is 51.1 Å². The van der Waals surface area contributed by atoms with Crippen LogP contribution in [0.25, 0.3) is 0 Å². The maximum Gasteiger partial charge on any atom is 0.256 e. The van der Waals surface area contributed by atoms with Gasteiger partial charge in [-0.15, -0.1) is 0 Å². The molecule has 0 bridgehead atoms. The first kappa shape index (κ1) is 18.8. The van der Waals surface area contributed by atoms with Crippen LogP contribution in [0.4, 0.5) is 5.82 Å². The molecular weight excluding hydrogens is 368 g/mol. The van der Waals surface area contributed by atoms with E-state index in [1.165, 1.54) is 0 Å². The van der Waals surface area contributed by atoms with Gasteiger partial charge in [-0.05, 0) is 55.7 Å². The Balaban J connectivity index is 1.53. The van der Waals surface area contributed by atoms with Gasteiger partial charge in [-0.2, -0.15) is 0 Å². The number of pyridine rings is 1. The molecule has 6 heteroatoms. The monoisotopic (exact) mass is 390 g/mol. The van der Waals surface area contributed by atoms with Crippen LogP contribution in [-0.4, -0.2) is 17.7 Å². The van der Waals surface area contributed by atoms with Gasteiger partial charge in [0.1, 0.15) is 18.2 Å². The molecular formula is C23H22N2O4. The Morgan fingerprint density at radius 3 is 2.59 bits per heavy atom. The molecule has 0 unspecified atom stereocenters. The lowest BCUT2D eigenvalue weighted by Crippen LogP contribution is -2.15. The van der Waals surface area contributed by atoms with Crippen molar-refractivity contribution in [1.82, 2.24) is 4.98 Å². The lowest BCUT2D eigenvalue weighted by Gasteiger charge is -2.17. The highest BCUT2D eigenvalue weighted by Gasteiger charge is 2.19. The van der Waals surface area contributed by atoms with Gasteiger partial charge >= 0.3 is 0 Å². The molecule has 6 nitrogen and oxygen atoms in total. The molecule has 1 aliphatic rings. The predicted molar refractivity (Wildman–Crippen MR) is 110 cm³/mol.